The van der Waals surface area contributed by atoms with E-state index in [9.17, 15) is 9.90 Å². The molecular formula is C16H20ClNO2. The molecule has 1 aromatic rings. The summed E-state index contributed by atoms with van der Waals surface area (Å²) in [6.45, 7) is 2.71. The van der Waals surface area contributed by atoms with Gasteiger partial charge in [0.15, 0.2) is 0 Å². The second-order valence-electron chi connectivity index (χ2n) is 5.21. The lowest BCUT2D eigenvalue weighted by Gasteiger charge is -2.33. The van der Waals surface area contributed by atoms with Gasteiger partial charge in [0.25, 0.3) is 0 Å². The van der Waals surface area contributed by atoms with Crippen molar-refractivity contribution < 1.29 is 9.90 Å². The molecule has 0 saturated carbocycles. The summed E-state index contributed by atoms with van der Waals surface area (Å²) in [4.78, 5) is 13.9. The van der Waals surface area contributed by atoms with Crippen LogP contribution in [0.1, 0.15) is 30.4 Å². The van der Waals surface area contributed by atoms with Crippen LogP contribution in [0.15, 0.2) is 24.3 Å². The maximum absolute atomic E-state index is 12.2. The van der Waals surface area contributed by atoms with E-state index >= 15 is 0 Å². The van der Waals surface area contributed by atoms with Gasteiger partial charge >= 0.3 is 0 Å². The van der Waals surface area contributed by atoms with Gasteiger partial charge in [-0.25, -0.2) is 0 Å². The van der Waals surface area contributed by atoms with Crippen molar-refractivity contribution in [1.82, 2.24) is 4.90 Å². The van der Waals surface area contributed by atoms with Crippen molar-refractivity contribution in [2.24, 2.45) is 0 Å². The number of halogens is 1. The minimum absolute atomic E-state index is 0.0376. The van der Waals surface area contributed by atoms with E-state index in [-0.39, 0.29) is 18.6 Å². The SMILES string of the molecule is Cc1ccc(/C=C/C(=O)N2CCCCC2CO)cc1Cl. The molecule has 108 valence electrons. The number of carbonyl (C=O) groups is 1. The van der Waals surface area contributed by atoms with Gasteiger partial charge in [0, 0.05) is 17.6 Å². The monoisotopic (exact) mass is 293 g/mol. The molecule has 2 rings (SSSR count). The number of aliphatic hydroxyl groups is 1. The Morgan fingerprint density at radius 2 is 2.30 bits per heavy atom. The molecule has 4 heteroatoms. The summed E-state index contributed by atoms with van der Waals surface area (Å²) in [5, 5.41) is 10.0. The second-order valence-corrected chi connectivity index (χ2v) is 5.61. The largest absolute Gasteiger partial charge is 0.394 e. The van der Waals surface area contributed by atoms with Crippen LogP contribution >= 0.6 is 11.6 Å². The third kappa shape index (κ3) is 3.62. The lowest BCUT2D eigenvalue weighted by Crippen LogP contribution is -2.44. The van der Waals surface area contributed by atoms with Gasteiger partial charge in [-0.05, 0) is 49.5 Å². The number of hydrogen-bond acceptors (Lipinski definition) is 2. The molecule has 1 fully saturated rings. The number of hydrogen-bond donors (Lipinski definition) is 1. The first-order chi connectivity index (χ1) is 9.61. The van der Waals surface area contributed by atoms with E-state index in [4.69, 9.17) is 11.6 Å². The summed E-state index contributed by atoms with van der Waals surface area (Å²) in [5.74, 6) is -0.0413. The van der Waals surface area contributed by atoms with E-state index in [0.717, 1.165) is 36.9 Å². The molecule has 1 unspecified atom stereocenters. The minimum atomic E-state index is -0.0413. The van der Waals surface area contributed by atoms with Gasteiger partial charge in [0.1, 0.15) is 0 Å². The van der Waals surface area contributed by atoms with Gasteiger partial charge in [-0.15, -0.1) is 0 Å². The van der Waals surface area contributed by atoms with E-state index in [0.29, 0.717) is 5.02 Å². The van der Waals surface area contributed by atoms with Crippen LogP contribution in [0.3, 0.4) is 0 Å². The molecule has 1 aliphatic rings. The fourth-order valence-electron chi connectivity index (χ4n) is 2.46. The zero-order valence-electron chi connectivity index (χ0n) is 11.7. The maximum atomic E-state index is 12.2. The zero-order valence-corrected chi connectivity index (χ0v) is 12.4. The molecule has 1 heterocycles. The Morgan fingerprint density at radius 1 is 1.50 bits per heavy atom. The average Bonchev–Trinajstić information content (AvgIpc) is 2.48. The highest BCUT2D eigenvalue weighted by atomic mass is 35.5. The summed E-state index contributed by atoms with van der Waals surface area (Å²) >= 11 is 6.06. The molecule has 1 aliphatic heterocycles. The van der Waals surface area contributed by atoms with Crippen molar-refractivity contribution in [1.29, 1.82) is 0 Å². The molecule has 20 heavy (non-hydrogen) atoms. The highest BCUT2D eigenvalue weighted by molar-refractivity contribution is 6.31. The van der Waals surface area contributed by atoms with Crippen LogP contribution in [0.2, 0.25) is 5.02 Å². The number of piperidine rings is 1. The first kappa shape index (κ1) is 15.1. The molecule has 1 amide bonds. The summed E-state index contributed by atoms with van der Waals surface area (Å²) in [6, 6.07) is 5.68. The van der Waals surface area contributed by atoms with Crippen LogP contribution in [0, 0.1) is 6.92 Å². The van der Waals surface area contributed by atoms with E-state index in [1.54, 1.807) is 17.1 Å². The Bertz CT molecular complexity index is 513. The van der Waals surface area contributed by atoms with E-state index in [1.165, 1.54) is 0 Å². The Hall–Kier alpha value is -1.32. The van der Waals surface area contributed by atoms with E-state index < -0.39 is 0 Å². The van der Waals surface area contributed by atoms with Crippen LogP contribution in [0.5, 0.6) is 0 Å². The highest BCUT2D eigenvalue weighted by Crippen LogP contribution is 2.19. The van der Waals surface area contributed by atoms with Gasteiger partial charge in [0.2, 0.25) is 5.91 Å². The molecular weight excluding hydrogens is 274 g/mol. The number of aryl methyl sites for hydroxylation is 1. The summed E-state index contributed by atoms with van der Waals surface area (Å²) in [6.07, 6.45) is 6.30. The Morgan fingerprint density at radius 3 is 3.00 bits per heavy atom. The van der Waals surface area contributed by atoms with E-state index in [1.807, 2.05) is 25.1 Å². The molecule has 1 N–H and O–H groups in total. The van der Waals surface area contributed by atoms with Crippen molar-refractivity contribution in [3.63, 3.8) is 0 Å². The molecule has 1 aromatic carbocycles. The first-order valence-corrected chi connectivity index (χ1v) is 7.35. The van der Waals surface area contributed by atoms with Gasteiger partial charge in [-0.2, -0.15) is 0 Å². The number of aliphatic hydroxyl groups excluding tert-OH is 1. The number of carbonyl (C=O) groups excluding carboxylic acids is 1. The maximum Gasteiger partial charge on any atom is 0.246 e. The molecule has 1 atom stereocenters. The third-order valence-electron chi connectivity index (χ3n) is 3.74. The predicted molar refractivity (Wildman–Crippen MR) is 81.7 cm³/mol. The van der Waals surface area contributed by atoms with E-state index in [2.05, 4.69) is 0 Å². The normalized spacial score (nSPS) is 19.6. The number of benzene rings is 1. The summed E-state index contributed by atoms with van der Waals surface area (Å²) in [7, 11) is 0. The molecule has 0 bridgehead atoms. The van der Waals surface area contributed by atoms with Crippen molar-refractivity contribution in [3.05, 3.63) is 40.4 Å². The van der Waals surface area contributed by atoms with Crippen LogP contribution in [-0.4, -0.2) is 35.1 Å². The summed E-state index contributed by atoms with van der Waals surface area (Å²) in [5.41, 5.74) is 1.93. The van der Waals surface area contributed by atoms with Crippen LogP contribution in [0.25, 0.3) is 6.08 Å². The molecule has 0 radical (unpaired) electrons. The topological polar surface area (TPSA) is 40.5 Å². The quantitative estimate of drug-likeness (QED) is 0.870. The van der Waals surface area contributed by atoms with Crippen molar-refractivity contribution >= 4 is 23.6 Å². The minimum Gasteiger partial charge on any atom is -0.394 e. The Kier molecular flexibility index (Phi) is 5.21. The van der Waals surface area contributed by atoms with Crippen molar-refractivity contribution in [3.8, 4) is 0 Å². The fourth-order valence-corrected chi connectivity index (χ4v) is 2.65. The molecule has 0 aliphatic carbocycles. The van der Waals surface area contributed by atoms with Gasteiger partial charge < -0.3 is 10.0 Å². The zero-order chi connectivity index (χ0) is 14.5. The van der Waals surface area contributed by atoms with Crippen LogP contribution in [-0.2, 0) is 4.79 Å². The second kappa shape index (κ2) is 6.91. The lowest BCUT2D eigenvalue weighted by atomic mass is 10.0. The molecule has 0 aromatic heterocycles. The summed E-state index contributed by atoms with van der Waals surface area (Å²) < 4.78 is 0. The van der Waals surface area contributed by atoms with Gasteiger partial charge in [-0.1, -0.05) is 23.7 Å². The molecule has 3 nitrogen and oxygen atoms in total. The molecule has 0 spiro atoms. The number of rotatable bonds is 3. The lowest BCUT2D eigenvalue weighted by molar-refractivity contribution is -0.130. The third-order valence-corrected chi connectivity index (χ3v) is 4.14. The van der Waals surface area contributed by atoms with Crippen LogP contribution < -0.4 is 0 Å². The number of nitrogens with zero attached hydrogens (tertiary/aromatic N) is 1. The standard InChI is InChI=1S/C16H20ClNO2/c1-12-5-6-13(10-15(12)17)7-8-16(20)18-9-3-2-4-14(18)11-19/h5-8,10,14,19H,2-4,9,11H2,1H3/b8-7+. The Labute approximate surface area is 124 Å². The highest BCUT2D eigenvalue weighted by Gasteiger charge is 2.24. The van der Waals surface area contributed by atoms with Crippen LogP contribution in [0.4, 0.5) is 0 Å². The predicted octanol–water partition coefficient (Wildman–Crippen LogP) is 3.04. The van der Waals surface area contributed by atoms with Crippen molar-refractivity contribution in [2.45, 2.75) is 32.2 Å². The fraction of sp³-hybridized carbons (Fsp3) is 0.438. The average molecular weight is 294 g/mol. The van der Waals surface area contributed by atoms with Gasteiger partial charge in [0.05, 0.1) is 12.6 Å². The molecule has 1 saturated heterocycles. The smallest absolute Gasteiger partial charge is 0.246 e. The van der Waals surface area contributed by atoms with Gasteiger partial charge in [-0.3, -0.25) is 4.79 Å². The number of amides is 1. The first-order valence-electron chi connectivity index (χ1n) is 6.97. The van der Waals surface area contributed by atoms with Crippen molar-refractivity contribution in [2.75, 3.05) is 13.2 Å². The Balaban J connectivity index is 2.05. The number of likely N-dealkylation sites (tertiary alicyclic amines) is 1.